The minimum absolute atomic E-state index is 0.0451. The third kappa shape index (κ3) is 2.74. The van der Waals surface area contributed by atoms with Gasteiger partial charge in [-0.05, 0) is 38.0 Å². The Morgan fingerprint density at radius 1 is 1.40 bits per heavy atom. The molecule has 1 amide bonds. The molecule has 20 heavy (non-hydrogen) atoms. The average Bonchev–Trinajstić information content (AvgIpc) is 2.81. The summed E-state index contributed by atoms with van der Waals surface area (Å²) in [4.78, 5) is 18.3. The molecule has 2 aliphatic rings. The summed E-state index contributed by atoms with van der Waals surface area (Å²) in [7, 11) is 0. The number of carbonyl (C=O) groups is 1. The van der Waals surface area contributed by atoms with Crippen LogP contribution in [0.4, 0.5) is 5.13 Å². The zero-order valence-electron chi connectivity index (χ0n) is 12.1. The summed E-state index contributed by atoms with van der Waals surface area (Å²) < 4.78 is 0. The van der Waals surface area contributed by atoms with Gasteiger partial charge in [-0.15, -0.1) is 11.3 Å². The van der Waals surface area contributed by atoms with Crippen LogP contribution in [0.25, 0.3) is 0 Å². The summed E-state index contributed by atoms with van der Waals surface area (Å²) in [6, 6.07) is 0. The van der Waals surface area contributed by atoms with Crippen LogP contribution in [0.3, 0.4) is 0 Å². The van der Waals surface area contributed by atoms with Crippen molar-refractivity contribution in [2.75, 3.05) is 5.32 Å². The number of carbonyl (C=O) groups excluding carboxylic acids is 1. The van der Waals surface area contributed by atoms with Crippen molar-refractivity contribution < 1.29 is 4.79 Å². The first-order valence-corrected chi connectivity index (χ1v) is 8.47. The van der Waals surface area contributed by atoms with Gasteiger partial charge in [0.25, 0.3) is 0 Å². The highest BCUT2D eigenvalue weighted by Gasteiger charge is 2.36. The van der Waals surface area contributed by atoms with Crippen molar-refractivity contribution in [2.45, 2.75) is 63.8 Å². The van der Waals surface area contributed by atoms with E-state index in [1.807, 2.05) is 0 Å². The Kier molecular flexibility index (Phi) is 3.82. The van der Waals surface area contributed by atoms with Gasteiger partial charge < -0.3 is 11.1 Å². The van der Waals surface area contributed by atoms with Crippen molar-refractivity contribution >= 4 is 22.4 Å². The zero-order chi connectivity index (χ0) is 14.2. The van der Waals surface area contributed by atoms with Gasteiger partial charge in [0.15, 0.2) is 5.13 Å². The molecule has 5 heteroatoms. The number of nitrogens with one attached hydrogen (secondary N) is 1. The maximum Gasteiger partial charge on any atom is 0.246 e. The third-order valence-corrected chi connectivity index (χ3v) is 5.64. The second kappa shape index (κ2) is 5.45. The summed E-state index contributed by atoms with van der Waals surface area (Å²) >= 11 is 1.63. The molecule has 1 heterocycles. The summed E-state index contributed by atoms with van der Waals surface area (Å²) in [5, 5.41) is 3.71. The van der Waals surface area contributed by atoms with Crippen LogP contribution in [0.2, 0.25) is 0 Å². The van der Waals surface area contributed by atoms with Crippen molar-refractivity contribution in [3.05, 3.63) is 10.6 Å². The molecule has 1 aromatic heterocycles. The molecular weight excluding hydrogens is 270 g/mol. The van der Waals surface area contributed by atoms with Gasteiger partial charge in [-0.2, -0.15) is 0 Å². The van der Waals surface area contributed by atoms with E-state index in [0.29, 0.717) is 0 Å². The number of anilines is 1. The van der Waals surface area contributed by atoms with Crippen molar-refractivity contribution in [1.82, 2.24) is 4.98 Å². The van der Waals surface area contributed by atoms with E-state index in [9.17, 15) is 4.79 Å². The molecule has 1 aromatic rings. The first-order chi connectivity index (χ1) is 9.57. The number of aryl methyl sites for hydroxylation is 1. The predicted molar refractivity (Wildman–Crippen MR) is 81.9 cm³/mol. The Labute approximate surface area is 124 Å². The quantitative estimate of drug-likeness (QED) is 0.881. The summed E-state index contributed by atoms with van der Waals surface area (Å²) in [5.74, 6) is 0.682. The lowest BCUT2D eigenvalue weighted by atomic mass is 9.82. The molecule has 2 aliphatic carbocycles. The number of thiazole rings is 1. The topological polar surface area (TPSA) is 68.0 Å². The molecule has 0 radical (unpaired) electrons. The van der Waals surface area contributed by atoms with Crippen LogP contribution >= 0.6 is 11.3 Å². The second-order valence-electron chi connectivity index (χ2n) is 6.41. The van der Waals surface area contributed by atoms with Gasteiger partial charge in [-0.1, -0.05) is 26.2 Å². The van der Waals surface area contributed by atoms with Crippen LogP contribution in [-0.2, 0) is 17.6 Å². The standard InChI is InChI=1S/C15H23N3OS/c1-10-5-6-11-12(9-10)20-14(17-11)18-13(19)15(16)7-3-2-4-8-15/h10H,2-9,16H2,1H3,(H,17,18,19). The van der Waals surface area contributed by atoms with E-state index in [2.05, 4.69) is 17.2 Å². The number of fused-ring (bicyclic) bond motifs is 1. The van der Waals surface area contributed by atoms with Crippen LogP contribution < -0.4 is 11.1 Å². The molecule has 0 aromatic carbocycles. The van der Waals surface area contributed by atoms with Gasteiger partial charge in [0.1, 0.15) is 0 Å². The van der Waals surface area contributed by atoms with Crippen LogP contribution in [-0.4, -0.2) is 16.4 Å². The molecule has 110 valence electrons. The van der Waals surface area contributed by atoms with Gasteiger partial charge in [0.05, 0.1) is 11.2 Å². The number of aromatic nitrogens is 1. The zero-order valence-corrected chi connectivity index (χ0v) is 12.9. The Bertz CT molecular complexity index is 505. The molecule has 1 saturated carbocycles. The maximum atomic E-state index is 12.4. The fourth-order valence-electron chi connectivity index (χ4n) is 3.22. The summed E-state index contributed by atoms with van der Waals surface area (Å²) in [5.41, 5.74) is 6.76. The maximum absolute atomic E-state index is 12.4. The molecule has 4 nitrogen and oxygen atoms in total. The molecule has 1 unspecified atom stereocenters. The molecule has 0 aliphatic heterocycles. The monoisotopic (exact) mass is 293 g/mol. The van der Waals surface area contributed by atoms with Crippen LogP contribution in [0, 0.1) is 5.92 Å². The van der Waals surface area contributed by atoms with E-state index < -0.39 is 5.54 Å². The molecule has 0 spiro atoms. The smallest absolute Gasteiger partial charge is 0.246 e. The van der Waals surface area contributed by atoms with E-state index in [1.165, 1.54) is 23.4 Å². The Balaban J connectivity index is 1.70. The van der Waals surface area contributed by atoms with Crippen molar-refractivity contribution in [3.63, 3.8) is 0 Å². The lowest BCUT2D eigenvalue weighted by Gasteiger charge is -2.31. The minimum Gasteiger partial charge on any atom is -0.317 e. The first-order valence-electron chi connectivity index (χ1n) is 7.66. The molecular formula is C15H23N3OS. The van der Waals surface area contributed by atoms with Crippen molar-refractivity contribution in [3.8, 4) is 0 Å². The van der Waals surface area contributed by atoms with E-state index in [0.717, 1.165) is 49.6 Å². The van der Waals surface area contributed by atoms with E-state index in [-0.39, 0.29) is 5.91 Å². The highest BCUT2D eigenvalue weighted by Crippen LogP contribution is 2.33. The van der Waals surface area contributed by atoms with Gasteiger partial charge in [-0.25, -0.2) is 4.98 Å². The molecule has 3 N–H and O–H groups in total. The summed E-state index contributed by atoms with van der Waals surface area (Å²) in [6.45, 7) is 2.28. The van der Waals surface area contributed by atoms with Gasteiger partial charge >= 0.3 is 0 Å². The number of amides is 1. The Hall–Kier alpha value is -0.940. The molecule has 1 fully saturated rings. The first kappa shape index (κ1) is 14.0. The van der Waals surface area contributed by atoms with Crippen molar-refractivity contribution in [1.29, 1.82) is 0 Å². The fourth-order valence-corrected chi connectivity index (χ4v) is 4.39. The number of rotatable bonds is 2. The third-order valence-electron chi connectivity index (χ3n) is 4.60. The molecule has 0 bridgehead atoms. The highest BCUT2D eigenvalue weighted by atomic mass is 32.1. The second-order valence-corrected chi connectivity index (χ2v) is 7.49. The van der Waals surface area contributed by atoms with Gasteiger partial charge in [-0.3, -0.25) is 4.79 Å². The van der Waals surface area contributed by atoms with E-state index >= 15 is 0 Å². The van der Waals surface area contributed by atoms with Gasteiger partial charge in [0, 0.05) is 4.88 Å². The van der Waals surface area contributed by atoms with Gasteiger partial charge in [0.2, 0.25) is 5.91 Å². The Morgan fingerprint density at radius 3 is 2.90 bits per heavy atom. The molecule has 0 saturated heterocycles. The molecule has 1 atom stereocenters. The number of hydrogen-bond donors (Lipinski definition) is 2. The van der Waals surface area contributed by atoms with Crippen LogP contribution in [0.15, 0.2) is 0 Å². The average molecular weight is 293 g/mol. The van der Waals surface area contributed by atoms with Crippen LogP contribution in [0.1, 0.15) is 56.0 Å². The SMILES string of the molecule is CC1CCc2nc(NC(=O)C3(N)CCCCC3)sc2C1. The highest BCUT2D eigenvalue weighted by molar-refractivity contribution is 7.15. The van der Waals surface area contributed by atoms with E-state index in [1.54, 1.807) is 11.3 Å². The number of nitrogens with two attached hydrogens (primary N) is 1. The lowest BCUT2D eigenvalue weighted by molar-refractivity contribution is -0.122. The Morgan fingerprint density at radius 2 is 2.15 bits per heavy atom. The summed E-state index contributed by atoms with van der Waals surface area (Å²) in [6.07, 6.45) is 8.21. The minimum atomic E-state index is -0.683. The fraction of sp³-hybridized carbons (Fsp3) is 0.733. The largest absolute Gasteiger partial charge is 0.317 e. The van der Waals surface area contributed by atoms with Crippen molar-refractivity contribution in [2.24, 2.45) is 11.7 Å². The normalized spacial score (nSPS) is 25.0. The predicted octanol–water partition coefficient (Wildman–Crippen LogP) is 2.87. The van der Waals surface area contributed by atoms with E-state index in [4.69, 9.17) is 5.73 Å². The number of hydrogen-bond acceptors (Lipinski definition) is 4. The molecule has 3 rings (SSSR count). The number of nitrogens with zero attached hydrogens (tertiary/aromatic N) is 1. The van der Waals surface area contributed by atoms with Crippen LogP contribution in [0.5, 0.6) is 0 Å². The lowest BCUT2D eigenvalue weighted by Crippen LogP contribution is -2.52.